The molecular weight excluding hydrogens is 360 g/mol. The molecule has 1 atom stereocenters. The summed E-state index contributed by atoms with van der Waals surface area (Å²) >= 11 is 0. The van der Waals surface area contributed by atoms with E-state index in [9.17, 15) is 4.79 Å². The van der Waals surface area contributed by atoms with Crippen molar-refractivity contribution in [2.45, 2.75) is 20.0 Å². The normalized spacial score (nSPS) is 11.9. The Labute approximate surface area is 160 Å². The summed E-state index contributed by atoms with van der Waals surface area (Å²) in [6, 6.07) is 14.4. The summed E-state index contributed by atoms with van der Waals surface area (Å²) in [5.74, 6) is 0.115. The van der Waals surface area contributed by atoms with Crippen LogP contribution >= 0.6 is 0 Å². The molecule has 9 heteroatoms. The van der Waals surface area contributed by atoms with Gasteiger partial charge in [-0.1, -0.05) is 17.7 Å². The topological polar surface area (TPSA) is 109 Å². The largest absolute Gasteiger partial charge is 0.449 e. The highest BCUT2D eigenvalue weighted by atomic mass is 16.6. The van der Waals surface area contributed by atoms with Crippen molar-refractivity contribution in [1.29, 1.82) is 0 Å². The SMILES string of the molecule is Cc1ccc(-c2nnc([C@@H](C)OC(=O)c3ccc(-n4cnnn4)cc3)o2)cc1. The molecule has 0 saturated carbocycles. The number of nitrogens with zero attached hydrogens (tertiary/aromatic N) is 6. The van der Waals surface area contributed by atoms with E-state index in [0.717, 1.165) is 16.8 Å². The van der Waals surface area contributed by atoms with Crippen LogP contribution in [0.15, 0.2) is 59.3 Å². The summed E-state index contributed by atoms with van der Waals surface area (Å²) in [4.78, 5) is 12.4. The smallest absolute Gasteiger partial charge is 0.338 e. The molecule has 0 saturated heterocycles. The summed E-state index contributed by atoms with van der Waals surface area (Å²) in [5, 5.41) is 19.0. The molecule has 9 nitrogen and oxygen atoms in total. The molecule has 2 heterocycles. The molecule has 0 radical (unpaired) electrons. The van der Waals surface area contributed by atoms with E-state index in [1.165, 1.54) is 11.0 Å². The van der Waals surface area contributed by atoms with Crippen LogP contribution in [0.3, 0.4) is 0 Å². The fourth-order valence-electron chi connectivity index (χ4n) is 2.52. The van der Waals surface area contributed by atoms with Gasteiger partial charge in [-0.25, -0.2) is 9.48 Å². The van der Waals surface area contributed by atoms with Crippen molar-refractivity contribution in [2.75, 3.05) is 0 Å². The van der Waals surface area contributed by atoms with Gasteiger partial charge in [0.25, 0.3) is 5.89 Å². The first kappa shape index (κ1) is 17.5. The zero-order valence-corrected chi connectivity index (χ0v) is 15.2. The average Bonchev–Trinajstić information content (AvgIpc) is 3.41. The molecule has 0 aliphatic carbocycles. The van der Waals surface area contributed by atoms with Crippen LogP contribution < -0.4 is 0 Å². The van der Waals surface area contributed by atoms with Gasteiger partial charge in [-0.15, -0.1) is 15.3 Å². The Hall–Kier alpha value is -3.88. The zero-order chi connectivity index (χ0) is 19.5. The molecular formula is C19H16N6O3. The number of aromatic nitrogens is 6. The first-order valence-electron chi connectivity index (χ1n) is 8.55. The molecule has 28 heavy (non-hydrogen) atoms. The lowest BCUT2D eigenvalue weighted by Gasteiger charge is -2.09. The van der Waals surface area contributed by atoms with E-state index in [0.29, 0.717) is 11.5 Å². The lowest BCUT2D eigenvalue weighted by Crippen LogP contribution is -2.09. The van der Waals surface area contributed by atoms with Gasteiger partial charge in [-0.3, -0.25) is 0 Å². The van der Waals surface area contributed by atoms with Crippen LogP contribution in [0.2, 0.25) is 0 Å². The molecule has 0 amide bonds. The summed E-state index contributed by atoms with van der Waals surface area (Å²) in [6.45, 7) is 3.68. The number of tetrazole rings is 1. The molecule has 4 rings (SSSR count). The average molecular weight is 376 g/mol. The van der Waals surface area contributed by atoms with E-state index >= 15 is 0 Å². The van der Waals surface area contributed by atoms with Crippen molar-refractivity contribution < 1.29 is 13.9 Å². The number of hydrogen-bond acceptors (Lipinski definition) is 8. The van der Waals surface area contributed by atoms with Crippen molar-refractivity contribution in [2.24, 2.45) is 0 Å². The van der Waals surface area contributed by atoms with Gasteiger partial charge in [0.05, 0.1) is 11.3 Å². The minimum absolute atomic E-state index is 0.231. The highest BCUT2D eigenvalue weighted by Crippen LogP contribution is 2.23. The number of esters is 1. The Kier molecular flexibility index (Phi) is 4.63. The van der Waals surface area contributed by atoms with Gasteiger partial charge in [0.15, 0.2) is 6.10 Å². The maximum absolute atomic E-state index is 12.4. The fraction of sp³-hybridized carbons (Fsp3) is 0.158. The molecule has 2 aromatic carbocycles. The van der Waals surface area contributed by atoms with E-state index < -0.39 is 12.1 Å². The van der Waals surface area contributed by atoms with Crippen LogP contribution in [0, 0.1) is 6.92 Å². The van der Waals surface area contributed by atoms with Crippen LogP contribution in [0.25, 0.3) is 17.1 Å². The number of aryl methyl sites for hydroxylation is 1. The summed E-state index contributed by atoms with van der Waals surface area (Å²) < 4.78 is 12.6. The molecule has 4 aromatic rings. The Balaban J connectivity index is 1.44. The molecule has 2 aromatic heterocycles. The second kappa shape index (κ2) is 7.39. The molecule has 0 unspecified atom stereocenters. The minimum Gasteiger partial charge on any atom is -0.449 e. The Bertz CT molecular complexity index is 1070. The number of ether oxygens (including phenoxy) is 1. The number of benzene rings is 2. The van der Waals surface area contributed by atoms with Gasteiger partial charge in [0.2, 0.25) is 5.89 Å². The standard InChI is InChI=1S/C19H16N6O3/c1-12-3-5-14(6-4-12)18-22-21-17(28-18)13(2)27-19(26)15-7-9-16(10-8-15)25-11-20-23-24-25/h3-11,13H,1-2H3/t13-/m1/s1. The summed E-state index contributed by atoms with van der Waals surface area (Å²) in [5.41, 5.74) is 3.06. The highest BCUT2D eigenvalue weighted by Gasteiger charge is 2.20. The fourth-order valence-corrected chi connectivity index (χ4v) is 2.52. The predicted octanol–water partition coefficient (Wildman–Crippen LogP) is 2.94. The summed E-state index contributed by atoms with van der Waals surface area (Å²) in [6.07, 6.45) is 0.787. The van der Waals surface area contributed by atoms with E-state index in [-0.39, 0.29) is 5.89 Å². The predicted molar refractivity (Wildman–Crippen MR) is 97.5 cm³/mol. The maximum atomic E-state index is 12.4. The van der Waals surface area contributed by atoms with Crippen LogP contribution in [0.1, 0.15) is 34.8 Å². The van der Waals surface area contributed by atoms with E-state index in [1.54, 1.807) is 31.2 Å². The van der Waals surface area contributed by atoms with Gasteiger partial charge in [-0.05, 0) is 60.7 Å². The number of carbonyl (C=O) groups excluding carboxylic acids is 1. The third-order valence-electron chi connectivity index (χ3n) is 4.09. The van der Waals surface area contributed by atoms with E-state index in [2.05, 4.69) is 25.7 Å². The molecule has 0 aliphatic rings. The van der Waals surface area contributed by atoms with Gasteiger partial charge in [0.1, 0.15) is 6.33 Å². The highest BCUT2D eigenvalue weighted by molar-refractivity contribution is 5.89. The molecule has 140 valence electrons. The van der Waals surface area contributed by atoms with E-state index in [1.807, 2.05) is 31.2 Å². The van der Waals surface area contributed by atoms with Crippen molar-refractivity contribution in [3.8, 4) is 17.1 Å². The van der Waals surface area contributed by atoms with Crippen LogP contribution in [0.5, 0.6) is 0 Å². The molecule has 0 N–H and O–H groups in total. The lowest BCUT2D eigenvalue weighted by molar-refractivity contribution is 0.0280. The Morgan fingerprint density at radius 2 is 1.82 bits per heavy atom. The molecule has 0 bridgehead atoms. The molecule has 0 spiro atoms. The van der Waals surface area contributed by atoms with Gasteiger partial charge in [0, 0.05) is 5.56 Å². The van der Waals surface area contributed by atoms with Crippen molar-refractivity contribution in [3.63, 3.8) is 0 Å². The summed E-state index contributed by atoms with van der Waals surface area (Å²) in [7, 11) is 0. The third-order valence-corrected chi connectivity index (χ3v) is 4.09. The van der Waals surface area contributed by atoms with Crippen LogP contribution in [-0.2, 0) is 4.74 Å². The number of carbonyl (C=O) groups is 1. The quantitative estimate of drug-likeness (QED) is 0.489. The second-order valence-corrected chi connectivity index (χ2v) is 6.16. The number of hydrogen-bond donors (Lipinski definition) is 0. The minimum atomic E-state index is -0.682. The van der Waals surface area contributed by atoms with Crippen molar-refractivity contribution >= 4 is 5.97 Å². The molecule has 0 fully saturated rings. The monoisotopic (exact) mass is 376 g/mol. The van der Waals surface area contributed by atoms with Crippen LogP contribution in [-0.4, -0.2) is 36.4 Å². The molecule has 0 aliphatic heterocycles. The van der Waals surface area contributed by atoms with Gasteiger partial charge < -0.3 is 9.15 Å². The Morgan fingerprint density at radius 3 is 2.50 bits per heavy atom. The van der Waals surface area contributed by atoms with E-state index in [4.69, 9.17) is 9.15 Å². The van der Waals surface area contributed by atoms with Crippen molar-refractivity contribution in [3.05, 3.63) is 71.9 Å². The zero-order valence-electron chi connectivity index (χ0n) is 15.2. The van der Waals surface area contributed by atoms with Gasteiger partial charge in [-0.2, -0.15) is 0 Å². The third kappa shape index (κ3) is 3.63. The second-order valence-electron chi connectivity index (χ2n) is 6.16. The lowest BCUT2D eigenvalue weighted by atomic mass is 10.1. The maximum Gasteiger partial charge on any atom is 0.338 e. The van der Waals surface area contributed by atoms with Crippen LogP contribution in [0.4, 0.5) is 0 Å². The Morgan fingerprint density at radius 1 is 1.07 bits per heavy atom. The number of rotatable bonds is 5. The first-order valence-corrected chi connectivity index (χ1v) is 8.55. The first-order chi connectivity index (χ1) is 13.6. The van der Waals surface area contributed by atoms with Gasteiger partial charge >= 0.3 is 5.97 Å². The van der Waals surface area contributed by atoms with Crippen molar-refractivity contribution in [1.82, 2.24) is 30.4 Å².